The van der Waals surface area contributed by atoms with Crippen LogP contribution >= 0.6 is 0 Å². The van der Waals surface area contributed by atoms with Gasteiger partial charge >= 0.3 is 0 Å². The molecule has 1 fully saturated rings. The van der Waals surface area contributed by atoms with Gasteiger partial charge in [0.05, 0.1) is 0 Å². The highest BCUT2D eigenvalue weighted by molar-refractivity contribution is 5.38. The third-order valence-corrected chi connectivity index (χ3v) is 3.67. The maximum absolute atomic E-state index is 13.2. The van der Waals surface area contributed by atoms with Gasteiger partial charge in [0.15, 0.2) is 0 Å². The molecule has 0 amide bonds. The first-order chi connectivity index (χ1) is 10.2. The van der Waals surface area contributed by atoms with Crippen LogP contribution in [0.25, 0.3) is 0 Å². The lowest BCUT2D eigenvalue weighted by molar-refractivity contribution is 0.248. The highest BCUT2D eigenvalue weighted by Crippen LogP contribution is 2.15. The number of benzene rings is 1. The molecule has 2 heterocycles. The Morgan fingerprint density at radius 1 is 0.952 bits per heavy atom. The summed E-state index contributed by atoms with van der Waals surface area (Å²) in [6.07, 6.45) is 1.79. The summed E-state index contributed by atoms with van der Waals surface area (Å²) in [6.45, 7) is 4.03. The summed E-state index contributed by atoms with van der Waals surface area (Å²) in [4.78, 5) is 8.77. The Balaban J connectivity index is 1.58. The summed E-state index contributed by atoms with van der Waals surface area (Å²) in [5, 5.41) is 0. The lowest BCUT2D eigenvalue weighted by Crippen LogP contribution is -2.46. The Morgan fingerprint density at radius 3 is 2.29 bits per heavy atom. The Labute approximate surface area is 122 Å². The quantitative estimate of drug-likeness (QED) is 0.866. The van der Waals surface area contributed by atoms with Gasteiger partial charge in [0, 0.05) is 45.0 Å². The summed E-state index contributed by atoms with van der Waals surface area (Å²) in [5.41, 5.74) is 0.679. The first-order valence-corrected chi connectivity index (χ1v) is 7.04. The van der Waals surface area contributed by atoms with E-state index >= 15 is 0 Å². The molecule has 0 aliphatic carbocycles. The largest absolute Gasteiger partial charge is 0.354 e. The van der Waals surface area contributed by atoms with E-state index in [0.717, 1.165) is 38.1 Å². The molecule has 1 saturated heterocycles. The van der Waals surface area contributed by atoms with Crippen LogP contribution in [-0.4, -0.2) is 36.1 Å². The number of aromatic nitrogens is 1. The van der Waals surface area contributed by atoms with Crippen LogP contribution in [0, 0.1) is 11.6 Å². The SMILES string of the molecule is Fc1cc(F)cc(CN2CCN(c3ccccn3)CC2)c1. The van der Waals surface area contributed by atoms with E-state index in [9.17, 15) is 8.78 Å². The van der Waals surface area contributed by atoms with E-state index in [1.165, 1.54) is 12.1 Å². The molecule has 1 aromatic heterocycles. The van der Waals surface area contributed by atoms with Crippen LogP contribution in [0.15, 0.2) is 42.6 Å². The summed E-state index contributed by atoms with van der Waals surface area (Å²) in [5.74, 6) is -0.0526. The van der Waals surface area contributed by atoms with Crippen molar-refractivity contribution in [2.24, 2.45) is 0 Å². The van der Waals surface area contributed by atoms with Gasteiger partial charge in [0.2, 0.25) is 0 Å². The molecule has 2 aromatic rings. The molecule has 0 radical (unpaired) electrons. The van der Waals surface area contributed by atoms with Gasteiger partial charge in [-0.2, -0.15) is 0 Å². The predicted octanol–water partition coefficient (Wildman–Crippen LogP) is 2.68. The number of pyridine rings is 1. The van der Waals surface area contributed by atoms with Crippen LogP contribution in [0.1, 0.15) is 5.56 Å². The average molecular weight is 289 g/mol. The van der Waals surface area contributed by atoms with Crippen molar-refractivity contribution >= 4 is 5.82 Å². The van der Waals surface area contributed by atoms with E-state index in [1.807, 2.05) is 18.2 Å². The molecule has 0 spiro atoms. The van der Waals surface area contributed by atoms with Crippen molar-refractivity contribution in [3.05, 3.63) is 59.8 Å². The molecule has 0 unspecified atom stereocenters. The molecular weight excluding hydrogens is 272 g/mol. The zero-order chi connectivity index (χ0) is 14.7. The van der Waals surface area contributed by atoms with E-state index in [2.05, 4.69) is 14.8 Å². The van der Waals surface area contributed by atoms with E-state index in [4.69, 9.17) is 0 Å². The van der Waals surface area contributed by atoms with Crippen LogP contribution in [0.4, 0.5) is 14.6 Å². The van der Waals surface area contributed by atoms with Gasteiger partial charge in [-0.3, -0.25) is 4.90 Å². The van der Waals surface area contributed by atoms with Crippen molar-refractivity contribution in [1.29, 1.82) is 0 Å². The summed E-state index contributed by atoms with van der Waals surface area (Å²) in [7, 11) is 0. The van der Waals surface area contributed by atoms with E-state index in [1.54, 1.807) is 6.20 Å². The second kappa shape index (κ2) is 6.18. The summed E-state index contributed by atoms with van der Waals surface area (Å²) >= 11 is 0. The molecule has 0 atom stereocenters. The fraction of sp³-hybridized carbons (Fsp3) is 0.312. The van der Waals surface area contributed by atoms with Crippen molar-refractivity contribution in [2.45, 2.75) is 6.54 Å². The molecule has 0 saturated carbocycles. The number of rotatable bonds is 3. The normalized spacial score (nSPS) is 16.2. The van der Waals surface area contributed by atoms with E-state index in [0.29, 0.717) is 12.1 Å². The monoisotopic (exact) mass is 289 g/mol. The molecule has 3 nitrogen and oxygen atoms in total. The molecular formula is C16H17F2N3. The summed E-state index contributed by atoms with van der Waals surface area (Å²) in [6, 6.07) is 9.57. The Hall–Kier alpha value is -2.01. The van der Waals surface area contributed by atoms with Crippen LogP contribution in [0.2, 0.25) is 0 Å². The zero-order valence-electron chi connectivity index (χ0n) is 11.7. The lowest BCUT2D eigenvalue weighted by Gasteiger charge is -2.35. The third-order valence-electron chi connectivity index (χ3n) is 3.67. The van der Waals surface area contributed by atoms with Crippen molar-refractivity contribution in [3.63, 3.8) is 0 Å². The van der Waals surface area contributed by atoms with Gasteiger partial charge in [-0.05, 0) is 29.8 Å². The van der Waals surface area contributed by atoms with Crippen LogP contribution < -0.4 is 4.90 Å². The predicted molar refractivity (Wildman–Crippen MR) is 78.1 cm³/mol. The minimum absolute atomic E-state index is 0.517. The zero-order valence-corrected chi connectivity index (χ0v) is 11.7. The maximum Gasteiger partial charge on any atom is 0.128 e. The molecule has 3 rings (SSSR count). The fourth-order valence-electron chi connectivity index (χ4n) is 2.64. The molecule has 1 aliphatic heterocycles. The number of piperazine rings is 1. The lowest BCUT2D eigenvalue weighted by atomic mass is 10.2. The highest BCUT2D eigenvalue weighted by atomic mass is 19.1. The molecule has 21 heavy (non-hydrogen) atoms. The number of halogens is 2. The number of anilines is 1. The van der Waals surface area contributed by atoms with Crippen molar-refractivity contribution in [1.82, 2.24) is 9.88 Å². The Kier molecular flexibility index (Phi) is 4.10. The van der Waals surface area contributed by atoms with Crippen LogP contribution in [0.5, 0.6) is 0 Å². The molecule has 1 aliphatic rings. The topological polar surface area (TPSA) is 19.4 Å². The second-order valence-corrected chi connectivity index (χ2v) is 5.23. The fourth-order valence-corrected chi connectivity index (χ4v) is 2.64. The maximum atomic E-state index is 13.2. The Morgan fingerprint density at radius 2 is 1.67 bits per heavy atom. The number of nitrogens with zero attached hydrogens (tertiary/aromatic N) is 3. The van der Waals surface area contributed by atoms with Crippen molar-refractivity contribution in [2.75, 3.05) is 31.1 Å². The number of hydrogen-bond acceptors (Lipinski definition) is 3. The second-order valence-electron chi connectivity index (χ2n) is 5.23. The summed E-state index contributed by atoms with van der Waals surface area (Å²) < 4.78 is 26.4. The standard InChI is InChI=1S/C16H17F2N3/c17-14-9-13(10-15(18)11-14)12-20-5-7-21(8-6-20)16-3-1-2-4-19-16/h1-4,9-11H,5-8,12H2. The highest BCUT2D eigenvalue weighted by Gasteiger charge is 2.18. The van der Waals surface area contributed by atoms with Gasteiger partial charge < -0.3 is 4.90 Å². The molecule has 5 heteroatoms. The Bertz CT molecular complexity index is 575. The number of hydrogen-bond donors (Lipinski definition) is 0. The minimum Gasteiger partial charge on any atom is -0.354 e. The molecule has 1 aromatic carbocycles. The average Bonchev–Trinajstić information content (AvgIpc) is 2.48. The first-order valence-electron chi connectivity index (χ1n) is 7.04. The van der Waals surface area contributed by atoms with E-state index in [-0.39, 0.29) is 0 Å². The van der Waals surface area contributed by atoms with Gasteiger partial charge in [-0.1, -0.05) is 6.07 Å². The van der Waals surface area contributed by atoms with Gasteiger partial charge in [0.1, 0.15) is 17.5 Å². The van der Waals surface area contributed by atoms with Crippen LogP contribution in [0.3, 0.4) is 0 Å². The molecule has 0 N–H and O–H groups in total. The van der Waals surface area contributed by atoms with Gasteiger partial charge in [0.25, 0.3) is 0 Å². The molecule has 110 valence electrons. The van der Waals surface area contributed by atoms with Crippen LogP contribution in [-0.2, 0) is 6.54 Å². The van der Waals surface area contributed by atoms with E-state index < -0.39 is 11.6 Å². The van der Waals surface area contributed by atoms with Gasteiger partial charge in [-0.15, -0.1) is 0 Å². The first kappa shape index (κ1) is 13.9. The third kappa shape index (κ3) is 3.55. The molecule has 0 bridgehead atoms. The minimum atomic E-state index is -0.517. The van der Waals surface area contributed by atoms with Crippen molar-refractivity contribution in [3.8, 4) is 0 Å². The van der Waals surface area contributed by atoms with Gasteiger partial charge in [-0.25, -0.2) is 13.8 Å². The van der Waals surface area contributed by atoms with Crippen molar-refractivity contribution < 1.29 is 8.78 Å². The smallest absolute Gasteiger partial charge is 0.128 e.